The fourth-order valence-corrected chi connectivity index (χ4v) is 2.38. The van der Waals surface area contributed by atoms with Gasteiger partial charge in [0.1, 0.15) is 5.75 Å². The molecule has 4 N–H and O–H groups in total. The van der Waals surface area contributed by atoms with Crippen LogP contribution >= 0.6 is 0 Å². The Morgan fingerprint density at radius 2 is 1.95 bits per heavy atom. The number of hydrogen-bond donors (Lipinski definition) is 2. The van der Waals surface area contributed by atoms with Gasteiger partial charge in [0, 0.05) is 48.3 Å². The summed E-state index contributed by atoms with van der Waals surface area (Å²) in [5.74, 6) is -0.644. The molecule has 1 rings (SSSR count). The summed E-state index contributed by atoms with van der Waals surface area (Å²) in [6, 6.07) is 7.73. The first kappa shape index (κ1) is 22.1. The van der Waals surface area contributed by atoms with Gasteiger partial charge in [-0.3, -0.25) is 4.55 Å². The molecule has 0 heterocycles. The minimum absolute atomic E-state index is 0. The molecule has 1 unspecified atom stereocenters. The number of rotatable bonds is 6. The molecule has 6 nitrogen and oxygen atoms in total. The van der Waals surface area contributed by atoms with E-state index in [1.54, 1.807) is 0 Å². The second-order valence-electron chi connectivity index (χ2n) is 4.28. The van der Waals surface area contributed by atoms with Crippen LogP contribution in [0.2, 0.25) is 0 Å². The minimum Gasteiger partial charge on any atom is -0.412 e. The van der Waals surface area contributed by atoms with Crippen molar-refractivity contribution in [2.75, 3.05) is 23.7 Å². The van der Waals surface area contributed by atoms with Gasteiger partial charge < -0.3 is 15.5 Å². The van der Waals surface area contributed by atoms with Gasteiger partial charge >= 0.3 is 0 Å². The van der Waals surface area contributed by atoms with E-state index in [4.69, 9.17) is 4.55 Å². The van der Waals surface area contributed by atoms with Crippen molar-refractivity contribution in [1.82, 2.24) is 0 Å². The number of aliphatic hydroxyl groups is 1. The van der Waals surface area contributed by atoms with Gasteiger partial charge in [-0.1, -0.05) is 12.1 Å². The zero-order valence-electron chi connectivity index (χ0n) is 12.1. The predicted octanol–water partition coefficient (Wildman–Crippen LogP) is -0.135. The van der Waals surface area contributed by atoms with Crippen molar-refractivity contribution in [1.29, 1.82) is 0 Å². The maximum absolute atomic E-state index is 10.7. The van der Waals surface area contributed by atoms with Crippen LogP contribution in [0.3, 0.4) is 0 Å². The van der Waals surface area contributed by atoms with Crippen molar-refractivity contribution in [2.24, 2.45) is 0 Å². The molecular weight excluding hydrogens is 293 g/mol. The molecule has 0 aliphatic rings. The van der Waals surface area contributed by atoms with Crippen LogP contribution in [0, 0.1) is 6.92 Å². The normalized spacial score (nSPS) is 12.0. The largest absolute Gasteiger partial charge is 0.412 e. The number of aryl methyl sites for hydroxylation is 1. The van der Waals surface area contributed by atoms with Gasteiger partial charge in [-0.15, -0.1) is 0 Å². The Labute approximate surface area is 142 Å². The molecule has 0 saturated carbocycles. The SMILES string of the molecule is CCN(CC(O)CS(=O)(=O)O)c1cccc(C)c1.O.[Na]. The second kappa shape index (κ2) is 9.73. The van der Waals surface area contributed by atoms with Crippen molar-refractivity contribution >= 4 is 45.4 Å². The third kappa shape index (κ3) is 8.21. The average Bonchev–Trinajstić information content (AvgIpc) is 2.23. The summed E-state index contributed by atoms with van der Waals surface area (Å²) in [6.45, 7) is 4.69. The number of aliphatic hydroxyl groups excluding tert-OH is 1. The Hall–Kier alpha value is -0.150. The number of likely N-dealkylation sites (N-methyl/N-ethyl adjacent to an activating group) is 1. The third-order valence-corrected chi connectivity index (χ3v) is 3.39. The number of anilines is 1. The Morgan fingerprint density at radius 3 is 2.40 bits per heavy atom. The number of benzene rings is 1. The number of hydrogen-bond acceptors (Lipinski definition) is 4. The molecule has 0 spiro atoms. The van der Waals surface area contributed by atoms with Gasteiger partial charge in [-0.25, -0.2) is 0 Å². The van der Waals surface area contributed by atoms with E-state index in [2.05, 4.69) is 0 Å². The van der Waals surface area contributed by atoms with Gasteiger partial charge in [0.2, 0.25) is 0 Å². The Kier molecular flexibility index (Phi) is 10.8. The molecule has 1 atom stereocenters. The second-order valence-corrected chi connectivity index (χ2v) is 5.78. The molecule has 0 saturated heterocycles. The molecule has 20 heavy (non-hydrogen) atoms. The van der Waals surface area contributed by atoms with Crippen LogP contribution in [0.5, 0.6) is 0 Å². The van der Waals surface area contributed by atoms with Crippen LogP contribution in [0.25, 0.3) is 0 Å². The van der Waals surface area contributed by atoms with Crippen LogP contribution < -0.4 is 4.90 Å². The van der Waals surface area contributed by atoms with Crippen LogP contribution in [0.4, 0.5) is 5.69 Å². The standard InChI is InChI=1S/C12H19NO4S.Na.H2O/c1-3-13(8-12(14)9-18(15,16)17)11-6-4-5-10(2)7-11;;/h4-7,12,14H,3,8-9H2,1-2H3,(H,15,16,17);;1H2. The summed E-state index contributed by atoms with van der Waals surface area (Å²) in [5, 5.41) is 9.64. The van der Waals surface area contributed by atoms with E-state index in [1.165, 1.54) is 0 Å². The Balaban J connectivity index is 0. The van der Waals surface area contributed by atoms with Crippen molar-refractivity contribution in [3.8, 4) is 0 Å². The van der Waals surface area contributed by atoms with Gasteiger partial charge in [0.05, 0.1) is 6.10 Å². The van der Waals surface area contributed by atoms with Crippen molar-refractivity contribution in [3.05, 3.63) is 29.8 Å². The smallest absolute Gasteiger partial charge is 0.267 e. The molecule has 0 aliphatic carbocycles. The van der Waals surface area contributed by atoms with Gasteiger partial charge in [-0.05, 0) is 31.5 Å². The van der Waals surface area contributed by atoms with Crippen molar-refractivity contribution < 1.29 is 23.6 Å². The summed E-state index contributed by atoms with van der Waals surface area (Å²) in [4.78, 5) is 1.86. The first-order valence-corrected chi connectivity index (χ1v) is 7.37. The van der Waals surface area contributed by atoms with Crippen LogP contribution in [0.15, 0.2) is 24.3 Å². The Bertz CT molecular complexity index is 494. The van der Waals surface area contributed by atoms with E-state index in [0.29, 0.717) is 6.54 Å². The van der Waals surface area contributed by atoms with E-state index in [9.17, 15) is 13.5 Å². The first-order chi connectivity index (χ1) is 8.31. The maximum Gasteiger partial charge on any atom is 0.267 e. The molecule has 0 fully saturated rings. The van der Waals surface area contributed by atoms with Gasteiger partial charge in [0.25, 0.3) is 10.1 Å². The zero-order valence-corrected chi connectivity index (χ0v) is 14.9. The predicted molar refractivity (Wildman–Crippen MR) is 80.9 cm³/mol. The van der Waals surface area contributed by atoms with Crippen LogP contribution in [0.1, 0.15) is 12.5 Å². The Morgan fingerprint density at radius 1 is 1.35 bits per heavy atom. The molecular formula is C12H21NNaO5S. The minimum atomic E-state index is -4.14. The fourth-order valence-electron chi connectivity index (χ4n) is 1.79. The van der Waals surface area contributed by atoms with Crippen LogP contribution in [-0.2, 0) is 10.1 Å². The summed E-state index contributed by atoms with van der Waals surface area (Å²) >= 11 is 0. The first-order valence-electron chi connectivity index (χ1n) is 5.76. The third-order valence-electron chi connectivity index (χ3n) is 2.58. The van der Waals surface area contributed by atoms with E-state index in [1.807, 2.05) is 43.0 Å². The summed E-state index contributed by atoms with van der Waals surface area (Å²) in [6.07, 6.45) is -1.11. The average molecular weight is 314 g/mol. The van der Waals surface area contributed by atoms with E-state index < -0.39 is 22.0 Å². The quantitative estimate of drug-likeness (QED) is 0.561. The molecule has 1 aromatic rings. The van der Waals surface area contributed by atoms with E-state index in [-0.39, 0.29) is 41.6 Å². The molecule has 1 radical (unpaired) electrons. The monoisotopic (exact) mass is 314 g/mol. The van der Waals surface area contributed by atoms with Gasteiger partial charge in [-0.2, -0.15) is 8.42 Å². The van der Waals surface area contributed by atoms with Crippen LogP contribution in [-0.4, -0.2) is 78.1 Å². The summed E-state index contributed by atoms with van der Waals surface area (Å²) in [7, 11) is -4.14. The molecule has 111 valence electrons. The van der Waals surface area contributed by atoms with E-state index >= 15 is 0 Å². The molecule has 8 heteroatoms. The molecule has 1 aromatic carbocycles. The van der Waals surface area contributed by atoms with E-state index in [0.717, 1.165) is 11.3 Å². The summed E-state index contributed by atoms with van der Waals surface area (Å²) in [5.41, 5.74) is 2.02. The van der Waals surface area contributed by atoms with Crippen molar-refractivity contribution in [3.63, 3.8) is 0 Å². The maximum atomic E-state index is 10.7. The topological polar surface area (TPSA) is 109 Å². The fraction of sp³-hybridized carbons (Fsp3) is 0.500. The summed E-state index contributed by atoms with van der Waals surface area (Å²) < 4.78 is 30.0. The number of nitrogens with zero attached hydrogens (tertiary/aromatic N) is 1. The molecule has 0 amide bonds. The molecule has 0 aliphatic heterocycles. The molecule has 0 aromatic heterocycles. The van der Waals surface area contributed by atoms with Crippen molar-refractivity contribution in [2.45, 2.75) is 20.0 Å². The zero-order chi connectivity index (χ0) is 13.8. The van der Waals surface area contributed by atoms with Gasteiger partial charge in [0.15, 0.2) is 0 Å². The molecule has 0 bridgehead atoms.